The predicted octanol–water partition coefficient (Wildman–Crippen LogP) is 7.03. The van der Waals surface area contributed by atoms with Crippen molar-refractivity contribution in [3.63, 3.8) is 0 Å². The zero-order chi connectivity index (χ0) is 30.6. The number of ether oxygens (including phenoxy) is 3. The Kier molecular flexibility index (Phi) is 12.4. The first-order chi connectivity index (χ1) is 20.8. The van der Waals surface area contributed by atoms with Gasteiger partial charge in [-0.3, -0.25) is 9.78 Å². The number of carbonyl (C=O) groups is 2. The normalized spacial score (nSPS) is 13.2. The maximum atomic E-state index is 13.9. The van der Waals surface area contributed by atoms with E-state index >= 15 is 0 Å². The number of alkyl carbamates (subject to hydrolysis) is 1. The van der Waals surface area contributed by atoms with Gasteiger partial charge >= 0.3 is 6.09 Å². The maximum absolute atomic E-state index is 13.9. The summed E-state index contributed by atoms with van der Waals surface area (Å²) in [6.07, 6.45) is 5.34. The van der Waals surface area contributed by atoms with Gasteiger partial charge in [0.1, 0.15) is 19.0 Å². The second-order valence-electron chi connectivity index (χ2n) is 10.7. The molecule has 0 aliphatic heterocycles. The maximum Gasteiger partial charge on any atom is 0.407 e. The summed E-state index contributed by atoms with van der Waals surface area (Å²) in [6.45, 7) is 5.49. The SMILES string of the molecule is CCCCOC(=O)NCC(Cc1ccc(OCCOc2c(Cl)cc(C)cc2Cl)cc1)C(=O)N(Cc1ccccn1)C1CC1. The number of benzene rings is 2. The third kappa shape index (κ3) is 10.3. The van der Waals surface area contributed by atoms with Crippen LogP contribution in [0.1, 0.15) is 49.4 Å². The van der Waals surface area contributed by atoms with Gasteiger partial charge in [0, 0.05) is 18.8 Å². The van der Waals surface area contributed by atoms with Gasteiger partial charge in [0.05, 0.1) is 34.8 Å². The number of amides is 2. The lowest BCUT2D eigenvalue weighted by molar-refractivity contribution is -0.136. The molecule has 1 unspecified atom stereocenters. The Hall–Kier alpha value is -3.49. The number of carbonyl (C=O) groups excluding carboxylic acids is 2. The molecule has 4 rings (SSSR count). The number of rotatable bonds is 16. The quantitative estimate of drug-likeness (QED) is 0.171. The number of hydrogen-bond donors (Lipinski definition) is 1. The lowest BCUT2D eigenvalue weighted by Crippen LogP contribution is -2.43. The van der Waals surface area contributed by atoms with E-state index in [1.165, 1.54) is 0 Å². The Bertz CT molecular complexity index is 1310. The fraction of sp³-hybridized carbons (Fsp3) is 0.424. The van der Waals surface area contributed by atoms with Crippen LogP contribution in [0.25, 0.3) is 0 Å². The van der Waals surface area contributed by atoms with Crippen molar-refractivity contribution in [1.29, 1.82) is 0 Å². The molecular weight excluding hydrogens is 589 g/mol. The first-order valence-corrected chi connectivity index (χ1v) is 15.5. The second-order valence-corrected chi connectivity index (χ2v) is 11.5. The standard InChI is InChI=1S/C33H39Cl2N3O5/c1-3-4-15-43-33(40)37-21-25(32(39)38(27-10-11-27)22-26-7-5-6-14-36-26)20-24-8-12-28(13-9-24)41-16-17-42-31-29(34)18-23(2)19-30(31)35/h5-9,12-14,18-19,25,27H,3-4,10-11,15-17,20-22H2,1-2H3,(H,37,40). The van der Waals surface area contributed by atoms with E-state index < -0.39 is 12.0 Å². The molecule has 43 heavy (non-hydrogen) atoms. The molecule has 10 heteroatoms. The fourth-order valence-electron chi connectivity index (χ4n) is 4.62. The fourth-order valence-corrected chi connectivity index (χ4v) is 5.33. The van der Waals surface area contributed by atoms with E-state index in [4.69, 9.17) is 37.4 Å². The second kappa shape index (κ2) is 16.4. The Labute approximate surface area is 263 Å². The van der Waals surface area contributed by atoms with Crippen molar-refractivity contribution in [3.8, 4) is 11.5 Å². The first kappa shape index (κ1) is 32.4. The average Bonchev–Trinajstić information content (AvgIpc) is 3.84. The number of hydrogen-bond acceptors (Lipinski definition) is 6. The number of unbranched alkanes of at least 4 members (excludes halogenated alkanes) is 1. The van der Waals surface area contributed by atoms with Crippen LogP contribution < -0.4 is 14.8 Å². The van der Waals surface area contributed by atoms with Gasteiger partial charge in [0.2, 0.25) is 5.91 Å². The monoisotopic (exact) mass is 627 g/mol. The molecule has 1 aliphatic rings. The number of halogens is 2. The molecule has 1 heterocycles. The van der Waals surface area contributed by atoms with Crippen LogP contribution in [0.2, 0.25) is 10.0 Å². The largest absolute Gasteiger partial charge is 0.490 e. The minimum atomic E-state index is -0.506. The third-order valence-electron chi connectivity index (χ3n) is 7.05. The van der Waals surface area contributed by atoms with Crippen molar-refractivity contribution < 1.29 is 23.8 Å². The van der Waals surface area contributed by atoms with Crippen LogP contribution in [0.15, 0.2) is 60.8 Å². The highest BCUT2D eigenvalue weighted by molar-refractivity contribution is 6.37. The molecular formula is C33H39Cl2N3O5. The van der Waals surface area contributed by atoms with E-state index in [0.29, 0.717) is 47.7 Å². The molecule has 1 aliphatic carbocycles. The molecule has 2 aromatic carbocycles. The third-order valence-corrected chi connectivity index (χ3v) is 7.61. The number of aryl methyl sites for hydroxylation is 1. The summed E-state index contributed by atoms with van der Waals surface area (Å²) in [5.74, 6) is 0.638. The molecule has 0 spiro atoms. The van der Waals surface area contributed by atoms with Crippen LogP contribution >= 0.6 is 23.2 Å². The molecule has 0 radical (unpaired) electrons. The van der Waals surface area contributed by atoms with E-state index in [2.05, 4.69) is 10.3 Å². The lowest BCUT2D eigenvalue weighted by atomic mass is 9.97. The van der Waals surface area contributed by atoms with Crippen molar-refractivity contribution in [2.45, 2.75) is 58.5 Å². The van der Waals surface area contributed by atoms with Gasteiger partial charge in [0.15, 0.2) is 5.75 Å². The zero-order valence-corrected chi connectivity index (χ0v) is 26.2. The molecule has 1 atom stereocenters. The van der Waals surface area contributed by atoms with Crippen LogP contribution in [-0.4, -0.2) is 54.3 Å². The van der Waals surface area contributed by atoms with Gasteiger partial charge in [0.25, 0.3) is 0 Å². The molecule has 3 aromatic rings. The van der Waals surface area contributed by atoms with Crippen molar-refractivity contribution in [3.05, 3.63) is 87.7 Å². The lowest BCUT2D eigenvalue weighted by Gasteiger charge is -2.27. The molecule has 1 fully saturated rings. The first-order valence-electron chi connectivity index (χ1n) is 14.7. The molecule has 0 saturated heterocycles. The Morgan fingerprint density at radius 2 is 1.74 bits per heavy atom. The Balaban J connectivity index is 1.36. The van der Waals surface area contributed by atoms with Crippen molar-refractivity contribution in [1.82, 2.24) is 15.2 Å². The summed E-state index contributed by atoms with van der Waals surface area (Å²) in [4.78, 5) is 32.5. The van der Waals surface area contributed by atoms with Crippen molar-refractivity contribution >= 4 is 35.2 Å². The molecule has 0 bridgehead atoms. The van der Waals surface area contributed by atoms with Crippen LogP contribution in [0.4, 0.5) is 4.79 Å². The van der Waals surface area contributed by atoms with E-state index in [-0.39, 0.29) is 25.1 Å². The molecule has 1 N–H and O–H groups in total. The predicted molar refractivity (Wildman–Crippen MR) is 168 cm³/mol. The van der Waals surface area contributed by atoms with Crippen molar-refractivity contribution in [2.24, 2.45) is 5.92 Å². The molecule has 1 saturated carbocycles. The minimum Gasteiger partial charge on any atom is -0.490 e. The summed E-state index contributed by atoms with van der Waals surface area (Å²) >= 11 is 12.5. The summed E-state index contributed by atoms with van der Waals surface area (Å²) in [6, 6.07) is 17.1. The summed E-state index contributed by atoms with van der Waals surface area (Å²) in [5.41, 5.74) is 2.75. The highest BCUT2D eigenvalue weighted by Crippen LogP contribution is 2.34. The van der Waals surface area contributed by atoms with Crippen LogP contribution in [0.5, 0.6) is 11.5 Å². The smallest absolute Gasteiger partial charge is 0.407 e. The van der Waals surface area contributed by atoms with Gasteiger partial charge < -0.3 is 24.4 Å². The van der Waals surface area contributed by atoms with Gasteiger partial charge in [-0.05, 0) is 80.1 Å². The summed E-state index contributed by atoms with van der Waals surface area (Å²) < 4.78 is 16.8. The van der Waals surface area contributed by atoms with Gasteiger partial charge in [-0.2, -0.15) is 0 Å². The van der Waals surface area contributed by atoms with Crippen molar-refractivity contribution in [2.75, 3.05) is 26.4 Å². The van der Waals surface area contributed by atoms with Gasteiger partial charge in [-0.1, -0.05) is 54.7 Å². The number of aromatic nitrogens is 1. The van der Waals surface area contributed by atoms with E-state index in [9.17, 15) is 9.59 Å². The average molecular weight is 629 g/mol. The number of nitrogens with zero attached hydrogens (tertiary/aromatic N) is 2. The molecule has 2 amide bonds. The Morgan fingerprint density at radius 3 is 2.40 bits per heavy atom. The van der Waals surface area contributed by atoms with E-state index in [1.807, 2.05) is 61.2 Å². The molecule has 230 valence electrons. The van der Waals surface area contributed by atoms with Gasteiger partial charge in [-0.15, -0.1) is 0 Å². The highest BCUT2D eigenvalue weighted by atomic mass is 35.5. The molecule has 1 aromatic heterocycles. The summed E-state index contributed by atoms with van der Waals surface area (Å²) in [7, 11) is 0. The van der Waals surface area contributed by atoms with E-state index in [1.54, 1.807) is 18.3 Å². The van der Waals surface area contributed by atoms with E-state index in [0.717, 1.165) is 42.5 Å². The van der Waals surface area contributed by atoms with Crippen LogP contribution in [0.3, 0.4) is 0 Å². The molecule has 8 nitrogen and oxygen atoms in total. The van der Waals surface area contributed by atoms with Gasteiger partial charge in [-0.25, -0.2) is 4.79 Å². The Morgan fingerprint density at radius 1 is 1.02 bits per heavy atom. The topological polar surface area (TPSA) is 90.0 Å². The minimum absolute atomic E-state index is 0.00656. The number of pyridine rings is 1. The number of nitrogens with one attached hydrogen (secondary N) is 1. The van der Waals surface area contributed by atoms with Crippen LogP contribution in [0, 0.1) is 12.8 Å². The highest BCUT2D eigenvalue weighted by Gasteiger charge is 2.36. The summed E-state index contributed by atoms with van der Waals surface area (Å²) in [5, 5.41) is 3.73. The zero-order valence-electron chi connectivity index (χ0n) is 24.7. The van der Waals surface area contributed by atoms with Crippen LogP contribution in [-0.2, 0) is 22.5 Å².